The lowest BCUT2D eigenvalue weighted by atomic mass is 10.1. The maximum atomic E-state index is 12.0. The second-order valence-electron chi connectivity index (χ2n) is 4.07. The van der Waals surface area contributed by atoms with E-state index >= 15 is 0 Å². The highest BCUT2D eigenvalue weighted by Crippen LogP contribution is 2.20. The van der Waals surface area contributed by atoms with E-state index in [2.05, 4.69) is 10.0 Å². The van der Waals surface area contributed by atoms with Gasteiger partial charge in [-0.05, 0) is 30.4 Å². The number of imide groups is 1. The first-order valence-electron chi connectivity index (χ1n) is 5.29. The molecule has 6 nitrogen and oxygen atoms in total. The number of sulfonamides is 1. The molecule has 1 fully saturated rings. The zero-order valence-corrected chi connectivity index (χ0v) is 11.2. The van der Waals surface area contributed by atoms with Crippen LogP contribution in [-0.2, 0) is 19.6 Å². The molecule has 0 spiro atoms. The summed E-state index contributed by atoms with van der Waals surface area (Å²) in [5.41, 5.74) is 0.851. The monoisotopic (exact) mass is 288 g/mol. The zero-order valence-electron chi connectivity index (χ0n) is 9.60. The molecule has 2 heterocycles. The Hall–Kier alpha value is -1.25. The van der Waals surface area contributed by atoms with E-state index in [1.165, 1.54) is 0 Å². The molecule has 1 aromatic heterocycles. The molecule has 0 bridgehead atoms. The lowest BCUT2D eigenvalue weighted by molar-refractivity contribution is -0.134. The first-order valence-corrected chi connectivity index (χ1v) is 7.66. The van der Waals surface area contributed by atoms with Crippen LogP contribution in [-0.4, -0.2) is 26.3 Å². The van der Waals surface area contributed by atoms with Gasteiger partial charge in [-0.3, -0.25) is 14.9 Å². The van der Waals surface area contributed by atoms with Crippen LogP contribution in [0.15, 0.2) is 15.7 Å². The van der Waals surface area contributed by atoms with Crippen LogP contribution < -0.4 is 10.0 Å². The SMILES string of the molecule is Cc1csc(S(=O)(=O)NC2CCC(=O)NC2=O)c1. The predicted octanol–water partition coefficient (Wildman–Crippen LogP) is 0.140. The number of rotatable bonds is 3. The molecule has 0 saturated carbocycles. The van der Waals surface area contributed by atoms with E-state index in [0.717, 1.165) is 16.9 Å². The molecular weight excluding hydrogens is 276 g/mol. The molecule has 18 heavy (non-hydrogen) atoms. The summed E-state index contributed by atoms with van der Waals surface area (Å²) in [7, 11) is -3.69. The van der Waals surface area contributed by atoms with E-state index in [9.17, 15) is 18.0 Å². The molecule has 2 rings (SSSR count). The maximum absolute atomic E-state index is 12.0. The molecule has 1 unspecified atom stereocenters. The van der Waals surface area contributed by atoms with Gasteiger partial charge in [0.15, 0.2) is 0 Å². The predicted molar refractivity (Wildman–Crippen MR) is 65.5 cm³/mol. The Morgan fingerprint density at radius 2 is 2.17 bits per heavy atom. The number of carbonyl (C=O) groups excluding carboxylic acids is 2. The van der Waals surface area contributed by atoms with Crippen molar-refractivity contribution in [3.8, 4) is 0 Å². The van der Waals surface area contributed by atoms with Crippen molar-refractivity contribution in [1.82, 2.24) is 10.0 Å². The summed E-state index contributed by atoms with van der Waals surface area (Å²) in [4.78, 5) is 22.4. The Kier molecular flexibility index (Phi) is 3.51. The van der Waals surface area contributed by atoms with Crippen LogP contribution in [0.25, 0.3) is 0 Å². The number of hydrogen-bond donors (Lipinski definition) is 2. The number of thiophene rings is 1. The summed E-state index contributed by atoms with van der Waals surface area (Å²) in [6.07, 6.45) is 0.330. The van der Waals surface area contributed by atoms with Crippen LogP contribution in [0.1, 0.15) is 18.4 Å². The van der Waals surface area contributed by atoms with Crippen molar-refractivity contribution in [2.24, 2.45) is 0 Å². The van der Waals surface area contributed by atoms with Gasteiger partial charge in [0.25, 0.3) is 10.0 Å². The molecule has 1 aromatic rings. The van der Waals surface area contributed by atoms with Crippen LogP contribution >= 0.6 is 11.3 Å². The van der Waals surface area contributed by atoms with Crippen molar-refractivity contribution < 1.29 is 18.0 Å². The van der Waals surface area contributed by atoms with Crippen molar-refractivity contribution >= 4 is 33.2 Å². The molecule has 1 aliphatic rings. The van der Waals surface area contributed by atoms with Gasteiger partial charge >= 0.3 is 0 Å². The van der Waals surface area contributed by atoms with Crippen molar-refractivity contribution in [3.05, 3.63) is 17.0 Å². The molecule has 0 radical (unpaired) electrons. The number of carbonyl (C=O) groups is 2. The van der Waals surface area contributed by atoms with Gasteiger partial charge in [0.05, 0.1) is 0 Å². The summed E-state index contributed by atoms with van der Waals surface area (Å²) < 4.78 is 26.4. The minimum Gasteiger partial charge on any atom is -0.295 e. The molecule has 1 atom stereocenters. The van der Waals surface area contributed by atoms with Crippen LogP contribution in [0.2, 0.25) is 0 Å². The number of hydrogen-bond acceptors (Lipinski definition) is 5. The van der Waals surface area contributed by atoms with E-state index in [-0.39, 0.29) is 23.0 Å². The van der Waals surface area contributed by atoms with Gasteiger partial charge in [-0.25, -0.2) is 8.42 Å². The zero-order chi connectivity index (χ0) is 13.3. The third-order valence-corrected chi connectivity index (χ3v) is 5.54. The molecule has 2 amide bonds. The minimum absolute atomic E-state index is 0.141. The Balaban J connectivity index is 2.14. The fraction of sp³-hybridized carbons (Fsp3) is 0.400. The van der Waals surface area contributed by atoms with Crippen molar-refractivity contribution in [3.63, 3.8) is 0 Å². The van der Waals surface area contributed by atoms with Crippen LogP contribution in [0, 0.1) is 6.92 Å². The smallest absolute Gasteiger partial charge is 0.250 e. The second-order valence-corrected chi connectivity index (χ2v) is 6.92. The van der Waals surface area contributed by atoms with Crippen LogP contribution in [0.3, 0.4) is 0 Å². The van der Waals surface area contributed by atoms with Gasteiger partial charge in [-0.1, -0.05) is 0 Å². The molecule has 1 aliphatic heterocycles. The molecule has 8 heteroatoms. The minimum atomic E-state index is -3.69. The Morgan fingerprint density at radius 3 is 2.72 bits per heavy atom. The van der Waals surface area contributed by atoms with E-state index < -0.39 is 22.0 Å². The highest BCUT2D eigenvalue weighted by molar-refractivity contribution is 7.91. The van der Waals surface area contributed by atoms with Gasteiger partial charge in [0.2, 0.25) is 11.8 Å². The van der Waals surface area contributed by atoms with Crippen molar-refractivity contribution in [2.45, 2.75) is 30.0 Å². The third kappa shape index (κ3) is 2.77. The number of nitrogens with one attached hydrogen (secondary N) is 2. The van der Waals surface area contributed by atoms with E-state index in [1.807, 2.05) is 0 Å². The Bertz CT molecular complexity index is 591. The first kappa shape index (κ1) is 13.2. The summed E-state index contributed by atoms with van der Waals surface area (Å²) >= 11 is 1.10. The average Bonchev–Trinajstić information content (AvgIpc) is 2.70. The average molecular weight is 288 g/mol. The number of aryl methyl sites for hydroxylation is 1. The highest BCUT2D eigenvalue weighted by atomic mass is 32.2. The lowest BCUT2D eigenvalue weighted by Gasteiger charge is -2.21. The van der Waals surface area contributed by atoms with Crippen molar-refractivity contribution in [1.29, 1.82) is 0 Å². The summed E-state index contributed by atoms with van der Waals surface area (Å²) in [6.45, 7) is 1.79. The summed E-state index contributed by atoms with van der Waals surface area (Å²) in [6, 6.07) is 0.661. The highest BCUT2D eigenvalue weighted by Gasteiger charge is 2.31. The maximum Gasteiger partial charge on any atom is 0.250 e. The standard InChI is InChI=1S/C10H12N2O4S2/c1-6-4-9(17-5-6)18(15,16)12-7-2-3-8(13)11-10(7)14/h4-5,7,12H,2-3H2,1H3,(H,11,13,14). The molecule has 1 saturated heterocycles. The van der Waals surface area contributed by atoms with E-state index in [0.29, 0.717) is 0 Å². The molecule has 2 N–H and O–H groups in total. The van der Waals surface area contributed by atoms with Crippen LogP contribution in [0.4, 0.5) is 0 Å². The number of piperidine rings is 1. The van der Waals surface area contributed by atoms with Gasteiger partial charge in [-0.15, -0.1) is 11.3 Å². The molecule has 98 valence electrons. The third-order valence-electron chi connectivity index (χ3n) is 2.51. The number of amides is 2. The first-order chi connectivity index (χ1) is 8.38. The largest absolute Gasteiger partial charge is 0.295 e. The topological polar surface area (TPSA) is 92.3 Å². The molecular formula is C10H12N2O4S2. The molecule has 0 aliphatic carbocycles. The Labute approximate surface area is 108 Å². The van der Waals surface area contributed by atoms with Gasteiger partial charge in [-0.2, -0.15) is 4.72 Å². The van der Waals surface area contributed by atoms with Gasteiger partial charge in [0, 0.05) is 6.42 Å². The van der Waals surface area contributed by atoms with E-state index in [4.69, 9.17) is 0 Å². The van der Waals surface area contributed by atoms with Crippen molar-refractivity contribution in [2.75, 3.05) is 0 Å². The summed E-state index contributed by atoms with van der Waals surface area (Å²) in [5.74, 6) is -0.967. The fourth-order valence-corrected chi connectivity index (χ4v) is 4.07. The quantitative estimate of drug-likeness (QED) is 0.774. The Morgan fingerprint density at radius 1 is 1.44 bits per heavy atom. The van der Waals surface area contributed by atoms with E-state index in [1.54, 1.807) is 18.4 Å². The lowest BCUT2D eigenvalue weighted by Crippen LogP contribution is -2.52. The normalized spacial score (nSPS) is 20.8. The molecule has 0 aromatic carbocycles. The summed E-state index contributed by atoms with van der Waals surface area (Å²) in [5, 5.41) is 3.83. The van der Waals surface area contributed by atoms with Gasteiger partial charge < -0.3 is 0 Å². The van der Waals surface area contributed by atoms with Crippen LogP contribution in [0.5, 0.6) is 0 Å². The second kappa shape index (κ2) is 4.79. The fourth-order valence-electron chi connectivity index (χ4n) is 1.60. The van der Waals surface area contributed by atoms with Gasteiger partial charge in [0.1, 0.15) is 10.3 Å².